The Balaban J connectivity index is 2.40. The maximum atomic E-state index is 9.05. The second kappa shape index (κ2) is 5.43. The Morgan fingerprint density at radius 3 is 2.79 bits per heavy atom. The first kappa shape index (κ1) is 12.9. The van der Waals surface area contributed by atoms with E-state index in [0.717, 1.165) is 5.56 Å². The summed E-state index contributed by atoms with van der Waals surface area (Å²) in [6.07, 6.45) is 1.45. The maximum Gasteiger partial charge on any atom is 0.176 e. The summed E-state index contributed by atoms with van der Waals surface area (Å²) in [4.78, 5) is 3.88. The number of hydrogen-bond acceptors (Lipinski definition) is 4. The van der Waals surface area contributed by atoms with Crippen molar-refractivity contribution >= 4 is 11.6 Å². The number of halogens is 1. The Morgan fingerprint density at radius 1 is 1.37 bits per heavy atom. The Hall–Kier alpha value is -2.50. The lowest BCUT2D eigenvalue weighted by Gasteiger charge is -2.08. The van der Waals surface area contributed by atoms with Crippen molar-refractivity contribution in [3.63, 3.8) is 0 Å². The molecule has 1 aromatic carbocycles. The summed E-state index contributed by atoms with van der Waals surface area (Å²) in [5.74, 6) is 0.679. The average molecular weight is 273 g/mol. The lowest BCUT2D eigenvalue weighted by Crippen LogP contribution is -2.02. The highest BCUT2D eigenvalue weighted by molar-refractivity contribution is 6.31. The molecule has 0 aliphatic carbocycles. The fourth-order valence-electron chi connectivity index (χ4n) is 1.68. The Bertz CT molecular complexity index is 694. The van der Waals surface area contributed by atoms with Gasteiger partial charge in [-0.3, -0.25) is 0 Å². The highest BCUT2D eigenvalue weighted by Crippen LogP contribution is 2.23. The maximum absolute atomic E-state index is 9.05. The van der Waals surface area contributed by atoms with Crippen LogP contribution in [0.25, 0.3) is 0 Å². The van der Waals surface area contributed by atoms with Gasteiger partial charge in [0.1, 0.15) is 17.9 Å². The predicted octanol–water partition coefficient (Wildman–Crippen LogP) is 2.34. The zero-order chi connectivity index (χ0) is 13.8. The van der Waals surface area contributed by atoms with Crippen LogP contribution in [0.1, 0.15) is 17.0 Å². The molecule has 0 aliphatic heterocycles. The molecular formula is C13H9ClN4O. The molecule has 0 N–H and O–H groups in total. The van der Waals surface area contributed by atoms with Crippen LogP contribution in [-0.2, 0) is 6.54 Å². The van der Waals surface area contributed by atoms with E-state index in [9.17, 15) is 0 Å². The molecule has 0 amide bonds. The van der Waals surface area contributed by atoms with E-state index in [2.05, 4.69) is 4.98 Å². The lowest BCUT2D eigenvalue weighted by molar-refractivity contribution is 0.414. The molecule has 1 heterocycles. The summed E-state index contributed by atoms with van der Waals surface area (Å²) >= 11 is 6.10. The van der Waals surface area contributed by atoms with Gasteiger partial charge in [-0.25, -0.2) is 4.98 Å². The molecule has 0 bridgehead atoms. The van der Waals surface area contributed by atoms with Crippen LogP contribution in [0.15, 0.2) is 24.5 Å². The van der Waals surface area contributed by atoms with Gasteiger partial charge in [-0.05, 0) is 23.8 Å². The molecule has 0 atom stereocenters. The monoisotopic (exact) mass is 272 g/mol. The molecule has 0 radical (unpaired) electrons. The van der Waals surface area contributed by atoms with Gasteiger partial charge in [0.2, 0.25) is 0 Å². The number of imidazole rings is 1. The van der Waals surface area contributed by atoms with Crippen LogP contribution in [0.3, 0.4) is 0 Å². The zero-order valence-electron chi connectivity index (χ0n) is 10.1. The van der Waals surface area contributed by atoms with Gasteiger partial charge in [0, 0.05) is 5.02 Å². The molecule has 0 aliphatic rings. The third-order valence-corrected chi connectivity index (χ3v) is 3.01. The smallest absolute Gasteiger partial charge is 0.176 e. The van der Waals surface area contributed by atoms with Crippen molar-refractivity contribution in [3.8, 4) is 17.9 Å². The molecule has 94 valence electrons. The number of nitrogens with zero attached hydrogens (tertiary/aromatic N) is 4. The van der Waals surface area contributed by atoms with Crippen molar-refractivity contribution in [1.29, 1.82) is 10.5 Å². The first-order valence-corrected chi connectivity index (χ1v) is 5.75. The summed E-state index contributed by atoms with van der Waals surface area (Å²) in [6.45, 7) is 0.355. The third kappa shape index (κ3) is 2.52. The van der Waals surface area contributed by atoms with E-state index in [1.54, 1.807) is 29.9 Å². The topological polar surface area (TPSA) is 74.6 Å². The van der Waals surface area contributed by atoms with E-state index >= 15 is 0 Å². The minimum Gasteiger partial charge on any atom is -0.497 e. The molecule has 2 rings (SSSR count). The van der Waals surface area contributed by atoms with Crippen LogP contribution in [0.2, 0.25) is 5.02 Å². The van der Waals surface area contributed by atoms with Crippen molar-refractivity contribution in [2.75, 3.05) is 7.11 Å². The molecule has 2 aromatic rings. The molecule has 0 saturated carbocycles. The number of ether oxygens (including phenoxy) is 1. The van der Waals surface area contributed by atoms with E-state index in [1.165, 1.54) is 6.33 Å². The number of methoxy groups -OCH3 is 1. The van der Waals surface area contributed by atoms with Crippen LogP contribution < -0.4 is 4.74 Å². The van der Waals surface area contributed by atoms with Crippen molar-refractivity contribution in [3.05, 3.63) is 46.5 Å². The van der Waals surface area contributed by atoms with Crippen LogP contribution >= 0.6 is 11.6 Å². The minimum atomic E-state index is 0.113. The zero-order valence-corrected chi connectivity index (χ0v) is 10.8. The number of benzene rings is 1. The SMILES string of the molecule is COc1ccc(Cl)c(Cn2cnc(C#N)c2C#N)c1. The van der Waals surface area contributed by atoms with Gasteiger partial charge >= 0.3 is 0 Å². The van der Waals surface area contributed by atoms with Gasteiger partial charge in [0.05, 0.1) is 20.0 Å². The van der Waals surface area contributed by atoms with Gasteiger partial charge in [-0.1, -0.05) is 11.6 Å². The first-order valence-electron chi connectivity index (χ1n) is 5.37. The molecule has 0 unspecified atom stereocenters. The second-order valence-electron chi connectivity index (χ2n) is 3.75. The van der Waals surface area contributed by atoms with Crippen LogP contribution in [-0.4, -0.2) is 16.7 Å². The van der Waals surface area contributed by atoms with E-state index in [1.807, 2.05) is 12.1 Å². The van der Waals surface area contributed by atoms with Crippen LogP contribution in [0.5, 0.6) is 5.75 Å². The standard InChI is InChI=1S/C13H9ClN4O/c1-19-10-2-3-11(14)9(4-10)7-18-8-17-12(5-15)13(18)6-16/h2-4,8H,7H2,1H3. The lowest BCUT2D eigenvalue weighted by atomic mass is 10.2. The molecule has 0 saturated heterocycles. The van der Waals surface area contributed by atoms with Gasteiger partial charge in [0.25, 0.3) is 0 Å². The Labute approximate surface area is 115 Å². The third-order valence-electron chi connectivity index (χ3n) is 2.64. The normalized spacial score (nSPS) is 9.68. The molecule has 19 heavy (non-hydrogen) atoms. The largest absolute Gasteiger partial charge is 0.497 e. The molecule has 1 aromatic heterocycles. The van der Waals surface area contributed by atoms with Crippen LogP contribution in [0, 0.1) is 22.7 Å². The number of aromatic nitrogens is 2. The second-order valence-corrected chi connectivity index (χ2v) is 4.16. The molecular weight excluding hydrogens is 264 g/mol. The van der Waals surface area contributed by atoms with Crippen molar-refractivity contribution in [1.82, 2.24) is 9.55 Å². The number of nitriles is 2. The van der Waals surface area contributed by atoms with Gasteiger partial charge in [0.15, 0.2) is 11.4 Å². The van der Waals surface area contributed by atoms with E-state index in [0.29, 0.717) is 17.3 Å². The van der Waals surface area contributed by atoms with Crippen molar-refractivity contribution < 1.29 is 4.74 Å². The molecule has 5 nitrogen and oxygen atoms in total. The van der Waals surface area contributed by atoms with Crippen molar-refractivity contribution in [2.45, 2.75) is 6.54 Å². The fraction of sp³-hybridized carbons (Fsp3) is 0.154. The number of hydrogen-bond donors (Lipinski definition) is 0. The molecule has 0 spiro atoms. The van der Waals surface area contributed by atoms with Crippen LogP contribution in [0.4, 0.5) is 0 Å². The molecule has 0 fully saturated rings. The minimum absolute atomic E-state index is 0.113. The van der Waals surface area contributed by atoms with E-state index in [-0.39, 0.29) is 11.4 Å². The van der Waals surface area contributed by atoms with E-state index in [4.69, 9.17) is 26.9 Å². The molecule has 6 heteroatoms. The average Bonchev–Trinajstić information content (AvgIpc) is 2.83. The Morgan fingerprint density at radius 2 is 2.16 bits per heavy atom. The summed E-state index contributed by atoms with van der Waals surface area (Å²) < 4.78 is 6.71. The predicted molar refractivity (Wildman–Crippen MR) is 68.8 cm³/mol. The summed E-state index contributed by atoms with van der Waals surface area (Å²) in [5.41, 5.74) is 1.13. The van der Waals surface area contributed by atoms with Gasteiger partial charge < -0.3 is 9.30 Å². The Kier molecular flexibility index (Phi) is 3.70. The summed E-state index contributed by atoms with van der Waals surface area (Å²) in [5, 5.41) is 18.5. The quantitative estimate of drug-likeness (QED) is 0.859. The van der Waals surface area contributed by atoms with Gasteiger partial charge in [-0.2, -0.15) is 10.5 Å². The fourth-order valence-corrected chi connectivity index (χ4v) is 1.86. The first-order chi connectivity index (χ1) is 9.19. The highest BCUT2D eigenvalue weighted by Gasteiger charge is 2.12. The summed E-state index contributed by atoms with van der Waals surface area (Å²) in [7, 11) is 1.57. The van der Waals surface area contributed by atoms with E-state index < -0.39 is 0 Å². The summed E-state index contributed by atoms with van der Waals surface area (Å²) in [6, 6.07) is 9.11. The highest BCUT2D eigenvalue weighted by atomic mass is 35.5. The number of rotatable bonds is 3. The van der Waals surface area contributed by atoms with Gasteiger partial charge in [-0.15, -0.1) is 0 Å². The van der Waals surface area contributed by atoms with Crippen molar-refractivity contribution in [2.24, 2.45) is 0 Å².